The van der Waals surface area contributed by atoms with Crippen LogP contribution in [-0.2, 0) is 22.5 Å². The summed E-state index contributed by atoms with van der Waals surface area (Å²) in [5, 5.41) is 10.9. The van der Waals surface area contributed by atoms with Gasteiger partial charge in [-0.2, -0.15) is 13.2 Å². The van der Waals surface area contributed by atoms with Gasteiger partial charge < -0.3 is 15.2 Å². The number of alkyl halides is 3. The van der Waals surface area contributed by atoms with Gasteiger partial charge in [0.1, 0.15) is 0 Å². The van der Waals surface area contributed by atoms with E-state index in [4.69, 9.17) is 14.6 Å². The highest BCUT2D eigenvalue weighted by Gasteiger charge is 2.38. The number of carboxylic acids is 1. The van der Waals surface area contributed by atoms with Crippen LogP contribution in [0.15, 0.2) is 42.5 Å². The summed E-state index contributed by atoms with van der Waals surface area (Å²) in [6, 6.07) is 16.3. The molecule has 186 valence electrons. The molecule has 0 amide bonds. The Bertz CT molecular complexity index is 965. The number of carboxylic acid groups (broad SMARTS) is 1. The Balaban J connectivity index is 0.000000406. The van der Waals surface area contributed by atoms with Crippen molar-refractivity contribution >= 4 is 5.97 Å². The predicted octanol–water partition coefficient (Wildman–Crippen LogP) is 4.80. The Morgan fingerprint density at radius 3 is 2.62 bits per heavy atom. The number of ether oxygens (including phenoxy) is 1. The molecule has 1 saturated heterocycles. The van der Waals surface area contributed by atoms with E-state index in [1.165, 1.54) is 47.1 Å². The van der Waals surface area contributed by atoms with Crippen LogP contribution >= 0.6 is 0 Å². The Hall–Kier alpha value is -2.42. The molecule has 2 aromatic carbocycles. The normalized spacial score (nSPS) is 20.7. The van der Waals surface area contributed by atoms with Gasteiger partial charge in [-0.3, -0.25) is 4.90 Å². The molecule has 8 heteroatoms. The second-order valence-electron chi connectivity index (χ2n) is 9.08. The maximum absolute atomic E-state index is 10.6. The van der Waals surface area contributed by atoms with Gasteiger partial charge in [0.2, 0.25) is 0 Å². The number of benzene rings is 2. The number of fused-ring (bicyclic) bond motifs is 1. The fourth-order valence-electron chi connectivity index (χ4n) is 4.52. The topological polar surface area (TPSA) is 61.8 Å². The van der Waals surface area contributed by atoms with Crippen molar-refractivity contribution in [3.05, 3.63) is 70.3 Å². The zero-order valence-electron chi connectivity index (χ0n) is 19.7. The monoisotopic (exact) mass is 478 g/mol. The van der Waals surface area contributed by atoms with Gasteiger partial charge in [-0.05, 0) is 49.8 Å². The van der Waals surface area contributed by atoms with E-state index in [1.807, 2.05) is 0 Å². The average molecular weight is 479 g/mol. The van der Waals surface area contributed by atoms with E-state index >= 15 is 0 Å². The molecule has 4 rings (SSSR count). The van der Waals surface area contributed by atoms with E-state index in [1.54, 1.807) is 0 Å². The van der Waals surface area contributed by atoms with Crippen molar-refractivity contribution in [3.8, 4) is 0 Å². The van der Waals surface area contributed by atoms with Crippen LogP contribution in [0.3, 0.4) is 0 Å². The number of rotatable bonds is 5. The molecule has 2 aromatic rings. The summed E-state index contributed by atoms with van der Waals surface area (Å²) in [4.78, 5) is 11.4. The van der Waals surface area contributed by atoms with Crippen molar-refractivity contribution in [3.63, 3.8) is 0 Å². The van der Waals surface area contributed by atoms with E-state index in [-0.39, 0.29) is 6.10 Å². The van der Waals surface area contributed by atoms with Crippen molar-refractivity contribution in [2.45, 2.75) is 58.0 Å². The molecule has 5 nitrogen and oxygen atoms in total. The maximum Gasteiger partial charge on any atom is 0.490 e. The lowest BCUT2D eigenvalue weighted by atomic mass is 9.86. The first-order valence-electron chi connectivity index (χ1n) is 11.6. The summed E-state index contributed by atoms with van der Waals surface area (Å²) in [5.74, 6) is -2.76. The molecule has 2 unspecified atom stereocenters. The summed E-state index contributed by atoms with van der Waals surface area (Å²) >= 11 is 0. The molecule has 2 aliphatic rings. The van der Waals surface area contributed by atoms with Crippen LogP contribution in [0.1, 0.15) is 46.7 Å². The number of aliphatic carboxylic acids is 1. The van der Waals surface area contributed by atoms with Crippen LogP contribution < -0.4 is 5.32 Å². The van der Waals surface area contributed by atoms with Crippen LogP contribution in [0.4, 0.5) is 13.2 Å². The molecule has 0 aromatic heterocycles. The van der Waals surface area contributed by atoms with Crippen molar-refractivity contribution < 1.29 is 27.8 Å². The van der Waals surface area contributed by atoms with Gasteiger partial charge >= 0.3 is 12.1 Å². The first-order chi connectivity index (χ1) is 16.1. The van der Waals surface area contributed by atoms with E-state index in [0.717, 1.165) is 32.8 Å². The van der Waals surface area contributed by atoms with Gasteiger partial charge in [0, 0.05) is 32.2 Å². The number of hydrogen-bond acceptors (Lipinski definition) is 4. The van der Waals surface area contributed by atoms with Crippen LogP contribution in [-0.4, -0.2) is 54.5 Å². The second-order valence-corrected chi connectivity index (χ2v) is 9.08. The number of morpholine rings is 1. The molecule has 1 heterocycles. The number of aryl methyl sites for hydroxylation is 3. The van der Waals surface area contributed by atoms with Gasteiger partial charge in [0.05, 0.1) is 12.7 Å². The number of nitrogens with one attached hydrogen (secondary N) is 1. The number of hydrogen-bond donors (Lipinski definition) is 2. The Morgan fingerprint density at radius 2 is 1.91 bits per heavy atom. The minimum atomic E-state index is -5.08. The molecule has 2 atom stereocenters. The van der Waals surface area contributed by atoms with Crippen LogP contribution in [0.5, 0.6) is 0 Å². The molecule has 1 aliphatic heterocycles. The van der Waals surface area contributed by atoms with Gasteiger partial charge in [-0.1, -0.05) is 53.6 Å². The number of carbonyl (C=O) groups is 1. The summed E-state index contributed by atoms with van der Waals surface area (Å²) < 4.78 is 37.8. The highest BCUT2D eigenvalue weighted by molar-refractivity contribution is 5.73. The van der Waals surface area contributed by atoms with Crippen LogP contribution in [0.25, 0.3) is 0 Å². The second kappa shape index (κ2) is 11.8. The molecule has 0 radical (unpaired) electrons. The maximum atomic E-state index is 10.6. The van der Waals surface area contributed by atoms with E-state index in [0.29, 0.717) is 6.04 Å². The molecule has 1 fully saturated rings. The molecule has 1 aliphatic carbocycles. The molecule has 2 N–H and O–H groups in total. The summed E-state index contributed by atoms with van der Waals surface area (Å²) in [5.41, 5.74) is 7.13. The molecule has 0 saturated carbocycles. The van der Waals surface area contributed by atoms with Crippen molar-refractivity contribution in [2.75, 3.05) is 26.2 Å². The first kappa shape index (κ1) is 26.2. The smallest absolute Gasteiger partial charge is 0.475 e. The van der Waals surface area contributed by atoms with E-state index in [2.05, 4.69) is 66.5 Å². The van der Waals surface area contributed by atoms with Gasteiger partial charge in [-0.15, -0.1) is 0 Å². The lowest BCUT2D eigenvalue weighted by Gasteiger charge is -2.35. The van der Waals surface area contributed by atoms with Crippen molar-refractivity contribution in [1.82, 2.24) is 10.2 Å². The Labute approximate surface area is 198 Å². The first-order valence-corrected chi connectivity index (χ1v) is 11.6. The summed E-state index contributed by atoms with van der Waals surface area (Å²) in [6.07, 6.45) is -1.08. The Kier molecular flexibility index (Phi) is 9.10. The van der Waals surface area contributed by atoms with Crippen LogP contribution in [0.2, 0.25) is 0 Å². The fraction of sp³-hybridized carbons (Fsp3) is 0.500. The van der Waals surface area contributed by atoms with Crippen molar-refractivity contribution in [2.24, 2.45) is 0 Å². The highest BCUT2D eigenvalue weighted by Crippen LogP contribution is 2.30. The summed E-state index contributed by atoms with van der Waals surface area (Å²) in [6.45, 7) is 9.18. The van der Waals surface area contributed by atoms with E-state index < -0.39 is 12.1 Å². The predicted molar refractivity (Wildman–Crippen MR) is 125 cm³/mol. The molecular formula is C26H33F3N2O3. The number of nitrogens with zero attached hydrogens (tertiary/aromatic N) is 1. The van der Waals surface area contributed by atoms with Crippen molar-refractivity contribution in [1.29, 1.82) is 0 Å². The van der Waals surface area contributed by atoms with Gasteiger partial charge in [-0.25, -0.2) is 4.79 Å². The lowest BCUT2D eigenvalue weighted by Crippen LogP contribution is -2.46. The zero-order chi connectivity index (χ0) is 24.7. The fourth-order valence-corrected chi connectivity index (χ4v) is 4.52. The third-order valence-corrected chi connectivity index (χ3v) is 6.16. The largest absolute Gasteiger partial charge is 0.490 e. The summed E-state index contributed by atoms with van der Waals surface area (Å²) in [7, 11) is 0. The Morgan fingerprint density at radius 1 is 1.18 bits per heavy atom. The van der Waals surface area contributed by atoms with Crippen LogP contribution in [0, 0.1) is 13.8 Å². The standard InChI is InChI=1S/C24H32N2O.C2HF3O2/c1-18-5-3-6-20(13-18)16-26-11-12-27-22(17-26)15-25-24-8-4-7-21-10-9-19(2)14-23(21)24;3-2(4,5)1(6)7/h3,5-6,9-10,13-14,22,24-25H,4,7-8,11-12,15-17H2,1-2H3;(H,6,7). The number of halogens is 3. The molecule has 34 heavy (non-hydrogen) atoms. The molecular weight excluding hydrogens is 445 g/mol. The third kappa shape index (κ3) is 7.82. The molecule has 0 spiro atoms. The minimum Gasteiger partial charge on any atom is -0.475 e. The molecule has 0 bridgehead atoms. The SMILES string of the molecule is Cc1cccc(CN2CCOC(CNC3CCCc4ccc(C)cc43)C2)c1.O=C(O)C(F)(F)F. The lowest BCUT2D eigenvalue weighted by molar-refractivity contribution is -0.192. The van der Waals surface area contributed by atoms with E-state index in [9.17, 15) is 13.2 Å². The highest BCUT2D eigenvalue weighted by atomic mass is 19.4. The van der Waals surface area contributed by atoms with Gasteiger partial charge in [0.15, 0.2) is 0 Å². The van der Waals surface area contributed by atoms with Gasteiger partial charge in [0.25, 0.3) is 0 Å². The third-order valence-electron chi connectivity index (χ3n) is 6.16. The quantitative estimate of drug-likeness (QED) is 0.646. The average Bonchev–Trinajstić information content (AvgIpc) is 2.78. The minimum absolute atomic E-state index is 0.277. The zero-order valence-corrected chi connectivity index (χ0v) is 19.7.